The zero-order chi connectivity index (χ0) is 14.4. The summed E-state index contributed by atoms with van der Waals surface area (Å²) in [7, 11) is 0. The highest BCUT2D eigenvalue weighted by atomic mass is 35.5. The minimum atomic E-state index is 0.510. The number of benzene rings is 1. The van der Waals surface area contributed by atoms with Crippen molar-refractivity contribution in [2.24, 2.45) is 0 Å². The lowest BCUT2D eigenvalue weighted by molar-refractivity contribution is 0.978. The van der Waals surface area contributed by atoms with Crippen LogP contribution in [-0.4, -0.2) is 11.5 Å². The molecule has 0 saturated carbocycles. The highest BCUT2D eigenvalue weighted by Gasteiger charge is 2.03. The zero-order valence-electron chi connectivity index (χ0n) is 11.2. The first kappa shape index (κ1) is 14.2. The first-order valence-corrected chi connectivity index (χ1v) is 6.76. The van der Waals surface area contributed by atoms with E-state index in [2.05, 4.69) is 28.6 Å². The summed E-state index contributed by atoms with van der Waals surface area (Å²) in [6.07, 6.45) is 4.56. The molecule has 0 saturated heterocycles. The van der Waals surface area contributed by atoms with Gasteiger partial charge in [-0.3, -0.25) is 4.98 Å². The van der Waals surface area contributed by atoms with Crippen LogP contribution in [0.25, 0.3) is 0 Å². The number of nitrogens with one attached hydrogen (secondary N) is 2. The number of hydrogen-bond acceptors (Lipinski definition) is 4. The lowest BCUT2D eigenvalue weighted by Gasteiger charge is -2.10. The fourth-order valence-electron chi connectivity index (χ4n) is 1.72. The van der Waals surface area contributed by atoms with E-state index >= 15 is 0 Å². The third-order valence-corrected chi connectivity index (χ3v) is 3.01. The molecule has 0 unspecified atom stereocenters. The van der Waals surface area contributed by atoms with Crippen molar-refractivity contribution >= 4 is 28.7 Å². The Kier molecular flexibility index (Phi) is 4.80. The molecule has 0 aliphatic rings. The Morgan fingerprint density at radius 3 is 2.75 bits per heavy atom. The van der Waals surface area contributed by atoms with E-state index in [1.54, 1.807) is 30.6 Å². The van der Waals surface area contributed by atoms with Crippen LogP contribution in [0.5, 0.6) is 0 Å². The third-order valence-electron chi connectivity index (χ3n) is 2.69. The smallest absolute Gasteiger partial charge is 0.0992 e. The molecule has 1 aromatic carbocycles. The van der Waals surface area contributed by atoms with Gasteiger partial charge < -0.3 is 10.6 Å². The summed E-state index contributed by atoms with van der Waals surface area (Å²) < 4.78 is 0. The number of nitriles is 1. The molecule has 5 heteroatoms. The molecule has 1 heterocycles. The number of pyridine rings is 1. The molecule has 0 radical (unpaired) electrons. The Morgan fingerprint density at radius 2 is 2.05 bits per heavy atom. The normalized spacial score (nSPS) is 9.85. The maximum Gasteiger partial charge on any atom is 0.0992 e. The predicted molar refractivity (Wildman–Crippen MR) is 82.5 cm³/mol. The van der Waals surface area contributed by atoms with Gasteiger partial charge in [0, 0.05) is 6.54 Å². The molecule has 2 aromatic rings. The largest absolute Gasteiger partial charge is 0.384 e. The van der Waals surface area contributed by atoms with Gasteiger partial charge in [0.1, 0.15) is 0 Å². The van der Waals surface area contributed by atoms with Crippen molar-refractivity contribution in [1.29, 1.82) is 5.26 Å². The predicted octanol–water partition coefficient (Wildman–Crippen LogP) is 4.17. The molecule has 0 aliphatic heterocycles. The molecule has 102 valence electrons. The van der Waals surface area contributed by atoms with Gasteiger partial charge in [-0.1, -0.05) is 18.5 Å². The highest BCUT2D eigenvalue weighted by molar-refractivity contribution is 6.33. The Hall–Kier alpha value is -2.25. The fraction of sp³-hybridized carbons (Fsp3) is 0.200. The van der Waals surface area contributed by atoms with Gasteiger partial charge in [0.25, 0.3) is 0 Å². The lowest BCUT2D eigenvalue weighted by atomic mass is 10.2. The van der Waals surface area contributed by atoms with Crippen molar-refractivity contribution < 1.29 is 0 Å². The van der Waals surface area contributed by atoms with Crippen molar-refractivity contribution in [3.05, 3.63) is 47.2 Å². The molecule has 0 bridgehead atoms. The van der Waals surface area contributed by atoms with Gasteiger partial charge in [-0.25, -0.2) is 0 Å². The van der Waals surface area contributed by atoms with Gasteiger partial charge in [0.2, 0.25) is 0 Å². The third kappa shape index (κ3) is 3.62. The van der Waals surface area contributed by atoms with E-state index < -0.39 is 0 Å². The molecule has 20 heavy (non-hydrogen) atoms. The van der Waals surface area contributed by atoms with Gasteiger partial charge in [-0.05, 0) is 30.7 Å². The monoisotopic (exact) mass is 286 g/mol. The standard InChI is InChI=1S/C15H15ClN4/c1-2-5-19-12-7-13(10-18-9-12)20-15-4-3-11(8-17)6-14(15)16/h3-4,6-7,9-10,19-20H,2,5H2,1H3. The molecular formula is C15H15ClN4. The lowest BCUT2D eigenvalue weighted by Crippen LogP contribution is -2.01. The maximum absolute atomic E-state index is 8.81. The molecule has 0 aliphatic carbocycles. The van der Waals surface area contributed by atoms with Gasteiger partial charge in [-0.2, -0.15) is 5.26 Å². The average molecular weight is 287 g/mol. The van der Waals surface area contributed by atoms with Crippen molar-refractivity contribution in [2.45, 2.75) is 13.3 Å². The molecule has 2 N–H and O–H groups in total. The number of nitrogens with zero attached hydrogens (tertiary/aromatic N) is 2. The Balaban J connectivity index is 2.15. The minimum absolute atomic E-state index is 0.510. The van der Waals surface area contributed by atoms with Crippen LogP contribution < -0.4 is 10.6 Å². The van der Waals surface area contributed by atoms with E-state index in [1.807, 2.05) is 6.07 Å². The molecule has 0 amide bonds. The summed E-state index contributed by atoms with van der Waals surface area (Å²) in [4.78, 5) is 4.18. The van der Waals surface area contributed by atoms with Gasteiger partial charge in [0.05, 0.1) is 46.1 Å². The first-order valence-electron chi connectivity index (χ1n) is 6.38. The van der Waals surface area contributed by atoms with Crippen LogP contribution in [0.4, 0.5) is 17.1 Å². The van der Waals surface area contributed by atoms with Gasteiger partial charge in [-0.15, -0.1) is 0 Å². The number of halogens is 1. The number of anilines is 3. The van der Waals surface area contributed by atoms with Crippen LogP contribution in [0, 0.1) is 11.3 Å². The number of hydrogen-bond donors (Lipinski definition) is 2. The Morgan fingerprint density at radius 1 is 1.25 bits per heavy atom. The summed E-state index contributed by atoms with van der Waals surface area (Å²) in [6.45, 7) is 3.02. The summed E-state index contributed by atoms with van der Waals surface area (Å²) in [5, 5.41) is 15.8. The highest BCUT2D eigenvalue weighted by Crippen LogP contribution is 2.26. The quantitative estimate of drug-likeness (QED) is 0.866. The maximum atomic E-state index is 8.81. The molecule has 4 nitrogen and oxygen atoms in total. The van der Waals surface area contributed by atoms with E-state index in [0.29, 0.717) is 10.6 Å². The minimum Gasteiger partial charge on any atom is -0.384 e. The number of rotatable bonds is 5. The Bertz CT molecular complexity index is 634. The SMILES string of the molecule is CCCNc1cncc(Nc2ccc(C#N)cc2Cl)c1. The second-order valence-corrected chi connectivity index (χ2v) is 4.73. The van der Waals surface area contributed by atoms with Crippen LogP contribution in [0.2, 0.25) is 5.02 Å². The van der Waals surface area contributed by atoms with Crippen molar-refractivity contribution in [1.82, 2.24) is 4.98 Å². The van der Waals surface area contributed by atoms with E-state index in [1.165, 1.54) is 0 Å². The first-order chi connectivity index (χ1) is 9.72. The van der Waals surface area contributed by atoms with Crippen molar-refractivity contribution in [3.8, 4) is 6.07 Å². The second kappa shape index (κ2) is 6.78. The summed E-state index contributed by atoms with van der Waals surface area (Å²) in [5.74, 6) is 0. The second-order valence-electron chi connectivity index (χ2n) is 4.32. The van der Waals surface area contributed by atoms with E-state index in [-0.39, 0.29) is 0 Å². The topological polar surface area (TPSA) is 60.7 Å². The van der Waals surface area contributed by atoms with Gasteiger partial charge in [0.15, 0.2) is 0 Å². The Labute approximate surface area is 123 Å². The van der Waals surface area contributed by atoms with Gasteiger partial charge >= 0.3 is 0 Å². The molecular weight excluding hydrogens is 272 g/mol. The molecule has 0 atom stereocenters. The zero-order valence-corrected chi connectivity index (χ0v) is 11.9. The molecule has 0 spiro atoms. The van der Waals surface area contributed by atoms with Crippen LogP contribution in [0.1, 0.15) is 18.9 Å². The average Bonchev–Trinajstić information content (AvgIpc) is 2.47. The molecule has 0 fully saturated rings. The fourth-order valence-corrected chi connectivity index (χ4v) is 1.94. The summed E-state index contributed by atoms with van der Waals surface area (Å²) in [6, 6.07) is 9.17. The molecule has 1 aromatic heterocycles. The van der Waals surface area contributed by atoms with Crippen molar-refractivity contribution in [3.63, 3.8) is 0 Å². The summed E-state index contributed by atoms with van der Waals surface area (Å²) in [5.41, 5.74) is 3.09. The van der Waals surface area contributed by atoms with Crippen LogP contribution >= 0.6 is 11.6 Å². The molecule has 2 rings (SSSR count). The van der Waals surface area contributed by atoms with E-state index in [4.69, 9.17) is 16.9 Å². The van der Waals surface area contributed by atoms with Crippen LogP contribution in [0.3, 0.4) is 0 Å². The van der Waals surface area contributed by atoms with Crippen molar-refractivity contribution in [2.75, 3.05) is 17.2 Å². The van der Waals surface area contributed by atoms with Crippen LogP contribution in [0.15, 0.2) is 36.7 Å². The number of aromatic nitrogens is 1. The van der Waals surface area contributed by atoms with E-state index in [0.717, 1.165) is 30.0 Å². The van der Waals surface area contributed by atoms with E-state index in [9.17, 15) is 0 Å². The summed E-state index contributed by atoms with van der Waals surface area (Å²) >= 11 is 6.13. The van der Waals surface area contributed by atoms with Crippen LogP contribution in [-0.2, 0) is 0 Å².